The molecule has 0 aromatic carbocycles. The summed E-state index contributed by atoms with van der Waals surface area (Å²) in [6, 6.07) is 2.46. The van der Waals surface area contributed by atoms with Crippen LogP contribution in [0.5, 0.6) is 0 Å². The molecule has 0 spiro atoms. The van der Waals surface area contributed by atoms with Crippen molar-refractivity contribution in [3.05, 3.63) is 29.6 Å². The number of sulfone groups is 1. The summed E-state index contributed by atoms with van der Waals surface area (Å²) in [5, 5.41) is 8.97. The lowest BCUT2D eigenvalue weighted by Crippen LogP contribution is -2.44. The normalized spacial score (nSPS) is 20.1. The first-order valence-corrected chi connectivity index (χ1v) is 8.26. The first kappa shape index (κ1) is 15.4. The van der Waals surface area contributed by atoms with Crippen LogP contribution in [0.1, 0.15) is 22.5 Å². The van der Waals surface area contributed by atoms with Crippen LogP contribution in [0, 0.1) is 6.92 Å². The number of aromatic nitrogens is 1. The first-order chi connectivity index (χ1) is 9.78. The summed E-state index contributed by atoms with van der Waals surface area (Å²) in [5.41, 5.74) is 0.947. The number of rotatable bonds is 4. The number of amides is 1. The summed E-state index contributed by atoms with van der Waals surface area (Å²) in [7, 11) is -3.20. The number of aryl methyl sites for hydroxylation is 1. The summed E-state index contributed by atoms with van der Waals surface area (Å²) in [4.78, 5) is 28.6. The van der Waals surface area contributed by atoms with Gasteiger partial charge in [0, 0.05) is 23.5 Å². The third-order valence-electron chi connectivity index (χ3n) is 3.36. The van der Waals surface area contributed by atoms with Crippen LogP contribution in [0.25, 0.3) is 0 Å². The number of carboxylic acid groups (broad SMARTS) is 1. The van der Waals surface area contributed by atoms with Crippen LogP contribution >= 0.6 is 0 Å². The van der Waals surface area contributed by atoms with Gasteiger partial charge < -0.3 is 10.0 Å². The van der Waals surface area contributed by atoms with Gasteiger partial charge >= 0.3 is 5.97 Å². The van der Waals surface area contributed by atoms with Crippen LogP contribution in [0.4, 0.5) is 0 Å². The highest BCUT2D eigenvalue weighted by molar-refractivity contribution is 7.91. The molecule has 0 aliphatic carbocycles. The van der Waals surface area contributed by atoms with Crippen LogP contribution in [0.2, 0.25) is 0 Å². The number of carbonyl (C=O) groups excluding carboxylic acids is 1. The Hall–Kier alpha value is -1.96. The van der Waals surface area contributed by atoms with Crippen LogP contribution in [-0.2, 0) is 14.6 Å². The molecule has 21 heavy (non-hydrogen) atoms. The Morgan fingerprint density at radius 3 is 2.71 bits per heavy atom. The fourth-order valence-electron chi connectivity index (χ4n) is 2.38. The molecule has 1 aliphatic rings. The molecule has 114 valence electrons. The molecule has 0 radical (unpaired) electrons. The summed E-state index contributed by atoms with van der Waals surface area (Å²) in [5.74, 6) is -1.85. The molecule has 2 heterocycles. The van der Waals surface area contributed by atoms with Gasteiger partial charge in [0.05, 0.1) is 11.5 Å². The highest BCUT2D eigenvalue weighted by Crippen LogP contribution is 2.20. The topological polar surface area (TPSA) is 105 Å². The molecule has 8 heteroatoms. The minimum absolute atomic E-state index is 0.0174. The molecule has 2 rings (SSSR count). The SMILES string of the molecule is Cc1cc(C(=O)N(CC(=O)O)C2CCS(=O)(=O)C2)ccn1. The Morgan fingerprint density at radius 2 is 2.19 bits per heavy atom. The van der Waals surface area contributed by atoms with Gasteiger partial charge in [-0.3, -0.25) is 14.6 Å². The Balaban J connectivity index is 2.28. The van der Waals surface area contributed by atoms with Crippen molar-refractivity contribution in [2.45, 2.75) is 19.4 Å². The highest BCUT2D eigenvalue weighted by Gasteiger charge is 2.35. The van der Waals surface area contributed by atoms with E-state index in [-0.39, 0.29) is 17.9 Å². The second-order valence-corrected chi connectivity index (χ2v) is 7.30. The van der Waals surface area contributed by atoms with Crippen LogP contribution in [0.15, 0.2) is 18.3 Å². The number of carbonyl (C=O) groups is 2. The molecule has 1 fully saturated rings. The van der Waals surface area contributed by atoms with Gasteiger partial charge in [-0.05, 0) is 25.5 Å². The largest absolute Gasteiger partial charge is 0.480 e. The number of hydrogen-bond donors (Lipinski definition) is 1. The third-order valence-corrected chi connectivity index (χ3v) is 5.11. The minimum Gasteiger partial charge on any atom is -0.480 e. The Kier molecular flexibility index (Phi) is 4.26. The molecule has 1 atom stereocenters. The van der Waals surface area contributed by atoms with E-state index in [0.717, 1.165) is 4.90 Å². The molecule has 1 aromatic heterocycles. The molecular formula is C13H16N2O5S. The van der Waals surface area contributed by atoms with E-state index in [9.17, 15) is 18.0 Å². The standard InChI is InChI=1S/C13H16N2O5S/c1-9-6-10(2-4-14-9)13(18)15(7-12(16)17)11-3-5-21(19,20)8-11/h2,4,6,11H,3,5,7-8H2,1H3,(H,16,17). The van der Waals surface area contributed by atoms with E-state index in [0.29, 0.717) is 11.3 Å². The second-order valence-electron chi connectivity index (χ2n) is 5.07. The van der Waals surface area contributed by atoms with Gasteiger partial charge in [0.25, 0.3) is 5.91 Å². The van der Waals surface area contributed by atoms with Crippen molar-refractivity contribution in [1.82, 2.24) is 9.88 Å². The summed E-state index contributed by atoms with van der Waals surface area (Å²) in [6.07, 6.45) is 1.73. The second kappa shape index (κ2) is 5.80. The molecule has 1 aromatic rings. The lowest BCUT2D eigenvalue weighted by atomic mass is 10.1. The van der Waals surface area contributed by atoms with Crippen molar-refractivity contribution < 1.29 is 23.1 Å². The van der Waals surface area contributed by atoms with E-state index < -0.39 is 34.3 Å². The fraction of sp³-hybridized carbons (Fsp3) is 0.462. The van der Waals surface area contributed by atoms with Crippen LogP contribution in [-0.4, -0.2) is 59.4 Å². The molecule has 7 nitrogen and oxygen atoms in total. The van der Waals surface area contributed by atoms with Gasteiger partial charge in [-0.15, -0.1) is 0 Å². The monoisotopic (exact) mass is 312 g/mol. The molecule has 1 amide bonds. The Bertz CT molecular complexity index is 671. The van der Waals surface area contributed by atoms with Crippen molar-refractivity contribution in [2.75, 3.05) is 18.1 Å². The molecule has 1 unspecified atom stereocenters. The Morgan fingerprint density at radius 1 is 1.48 bits per heavy atom. The number of pyridine rings is 1. The number of aliphatic carboxylic acids is 1. The summed E-state index contributed by atoms with van der Waals surface area (Å²) < 4.78 is 23.1. The zero-order valence-corrected chi connectivity index (χ0v) is 12.3. The van der Waals surface area contributed by atoms with Crippen LogP contribution < -0.4 is 0 Å². The molecule has 0 saturated carbocycles. The Labute approximate surface area is 122 Å². The number of hydrogen-bond acceptors (Lipinski definition) is 5. The highest BCUT2D eigenvalue weighted by atomic mass is 32.2. The third kappa shape index (κ3) is 3.78. The maximum Gasteiger partial charge on any atom is 0.323 e. The molecule has 1 N–H and O–H groups in total. The van der Waals surface area contributed by atoms with Gasteiger partial charge in [0.15, 0.2) is 9.84 Å². The van der Waals surface area contributed by atoms with E-state index in [4.69, 9.17) is 5.11 Å². The van der Waals surface area contributed by atoms with Crippen molar-refractivity contribution in [3.8, 4) is 0 Å². The lowest BCUT2D eigenvalue weighted by molar-refractivity contribution is -0.138. The van der Waals surface area contributed by atoms with Gasteiger partial charge in [-0.25, -0.2) is 8.42 Å². The quantitative estimate of drug-likeness (QED) is 0.845. The van der Waals surface area contributed by atoms with Gasteiger partial charge in [0.1, 0.15) is 6.54 Å². The predicted octanol–water partition coefficient (Wildman–Crippen LogP) is 0.104. The maximum absolute atomic E-state index is 12.5. The summed E-state index contributed by atoms with van der Waals surface area (Å²) >= 11 is 0. The number of nitrogens with zero attached hydrogens (tertiary/aromatic N) is 2. The van der Waals surface area contributed by atoms with E-state index in [1.165, 1.54) is 12.3 Å². The van der Waals surface area contributed by atoms with E-state index in [1.807, 2.05) is 0 Å². The molecule has 0 bridgehead atoms. The smallest absolute Gasteiger partial charge is 0.323 e. The van der Waals surface area contributed by atoms with E-state index in [1.54, 1.807) is 13.0 Å². The average molecular weight is 312 g/mol. The minimum atomic E-state index is -3.20. The first-order valence-electron chi connectivity index (χ1n) is 6.44. The van der Waals surface area contributed by atoms with Crippen molar-refractivity contribution in [1.29, 1.82) is 0 Å². The van der Waals surface area contributed by atoms with Crippen molar-refractivity contribution in [3.63, 3.8) is 0 Å². The zero-order chi connectivity index (χ0) is 15.6. The maximum atomic E-state index is 12.5. The molecule has 1 aliphatic heterocycles. The lowest BCUT2D eigenvalue weighted by Gasteiger charge is -2.26. The van der Waals surface area contributed by atoms with E-state index >= 15 is 0 Å². The zero-order valence-electron chi connectivity index (χ0n) is 11.5. The van der Waals surface area contributed by atoms with E-state index in [2.05, 4.69) is 4.98 Å². The van der Waals surface area contributed by atoms with Crippen molar-refractivity contribution in [2.24, 2.45) is 0 Å². The predicted molar refractivity (Wildman–Crippen MR) is 74.7 cm³/mol. The average Bonchev–Trinajstić information content (AvgIpc) is 2.75. The number of carboxylic acids is 1. The van der Waals surface area contributed by atoms with Gasteiger partial charge in [-0.1, -0.05) is 0 Å². The van der Waals surface area contributed by atoms with Gasteiger partial charge in [-0.2, -0.15) is 0 Å². The van der Waals surface area contributed by atoms with Crippen molar-refractivity contribution >= 4 is 21.7 Å². The molecule has 1 saturated heterocycles. The molecular weight excluding hydrogens is 296 g/mol. The van der Waals surface area contributed by atoms with Crippen LogP contribution in [0.3, 0.4) is 0 Å². The van der Waals surface area contributed by atoms with Gasteiger partial charge in [0.2, 0.25) is 0 Å². The summed E-state index contributed by atoms with van der Waals surface area (Å²) in [6.45, 7) is 1.21. The fourth-order valence-corrected chi connectivity index (χ4v) is 4.11.